The van der Waals surface area contributed by atoms with Crippen LogP contribution in [0.1, 0.15) is 24.2 Å². The van der Waals surface area contributed by atoms with E-state index in [-0.39, 0.29) is 0 Å². The molecule has 1 atom stereocenters. The van der Waals surface area contributed by atoms with E-state index >= 15 is 0 Å². The zero-order valence-corrected chi connectivity index (χ0v) is 9.54. The van der Waals surface area contributed by atoms with Gasteiger partial charge >= 0.3 is 0 Å². The van der Waals surface area contributed by atoms with Crippen molar-refractivity contribution in [3.8, 4) is 0 Å². The van der Waals surface area contributed by atoms with Crippen molar-refractivity contribution in [1.82, 2.24) is 4.90 Å². The highest BCUT2D eigenvalue weighted by atomic mass is 35.5. The van der Waals surface area contributed by atoms with Gasteiger partial charge in [-0.1, -0.05) is 23.7 Å². The maximum Gasteiger partial charge on any atom is 0.0762 e. The van der Waals surface area contributed by atoms with E-state index in [0.29, 0.717) is 0 Å². The highest BCUT2D eigenvalue weighted by Crippen LogP contribution is 2.22. The van der Waals surface area contributed by atoms with Gasteiger partial charge in [-0.2, -0.15) is 0 Å². The first-order valence-corrected chi connectivity index (χ1v) is 4.99. The molecule has 2 nitrogen and oxygen atoms in total. The van der Waals surface area contributed by atoms with Crippen LogP contribution in [0.3, 0.4) is 0 Å². The van der Waals surface area contributed by atoms with Crippen LogP contribution in [-0.4, -0.2) is 24.1 Å². The molecule has 0 saturated heterocycles. The molecule has 0 amide bonds. The fourth-order valence-electron chi connectivity index (χ4n) is 1.29. The Bertz CT molecular complexity index is 310. The zero-order valence-electron chi connectivity index (χ0n) is 8.79. The number of aliphatic hydroxyl groups excluding tert-OH is 1. The molecule has 0 aromatic heterocycles. The van der Waals surface area contributed by atoms with E-state index in [2.05, 4.69) is 4.90 Å². The van der Waals surface area contributed by atoms with Gasteiger partial charge in [0.15, 0.2) is 0 Å². The molecular weight excluding hydrogens is 198 g/mol. The summed E-state index contributed by atoms with van der Waals surface area (Å²) < 4.78 is 0. The van der Waals surface area contributed by atoms with E-state index in [9.17, 15) is 5.11 Å². The minimum Gasteiger partial charge on any atom is -0.389 e. The summed E-state index contributed by atoms with van der Waals surface area (Å²) in [5.74, 6) is 0. The summed E-state index contributed by atoms with van der Waals surface area (Å²) in [5, 5.41) is 10.1. The first-order valence-electron chi connectivity index (χ1n) is 4.62. The van der Waals surface area contributed by atoms with E-state index in [0.717, 1.165) is 22.7 Å². The van der Waals surface area contributed by atoms with Crippen LogP contribution in [0.15, 0.2) is 18.2 Å². The summed E-state index contributed by atoms with van der Waals surface area (Å²) >= 11 is 6.08. The maximum atomic E-state index is 9.35. The summed E-state index contributed by atoms with van der Waals surface area (Å²) in [4.78, 5) is 2.06. The fourth-order valence-corrected chi connectivity index (χ4v) is 1.54. The van der Waals surface area contributed by atoms with Crippen LogP contribution >= 0.6 is 11.6 Å². The number of rotatable bonds is 3. The first-order chi connectivity index (χ1) is 6.50. The lowest BCUT2D eigenvalue weighted by Gasteiger charge is -2.13. The van der Waals surface area contributed by atoms with Crippen LogP contribution in [-0.2, 0) is 6.54 Å². The summed E-state index contributed by atoms with van der Waals surface area (Å²) in [7, 11) is 4.00. The van der Waals surface area contributed by atoms with Crippen molar-refractivity contribution >= 4 is 11.6 Å². The van der Waals surface area contributed by atoms with Crippen molar-refractivity contribution in [3.05, 3.63) is 34.3 Å². The van der Waals surface area contributed by atoms with Gasteiger partial charge in [0.2, 0.25) is 0 Å². The topological polar surface area (TPSA) is 23.5 Å². The summed E-state index contributed by atoms with van der Waals surface area (Å²) in [6.07, 6.45) is -0.457. The molecule has 3 heteroatoms. The molecule has 1 unspecified atom stereocenters. The Morgan fingerprint density at radius 2 is 2.07 bits per heavy atom. The quantitative estimate of drug-likeness (QED) is 0.834. The Morgan fingerprint density at radius 1 is 1.43 bits per heavy atom. The van der Waals surface area contributed by atoms with Gasteiger partial charge in [0.1, 0.15) is 0 Å². The van der Waals surface area contributed by atoms with Gasteiger partial charge in [0, 0.05) is 11.6 Å². The number of hydrogen-bond acceptors (Lipinski definition) is 2. The molecule has 0 saturated carbocycles. The smallest absolute Gasteiger partial charge is 0.0762 e. The lowest BCUT2D eigenvalue weighted by molar-refractivity contribution is 0.199. The van der Waals surface area contributed by atoms with E-state index in [1.54, 1.807) is 6.92 Å². The van der Waals surface area contributed by atoms with Gasteiger partial charge in [0.25, 0.3) is 0 Å². The monoisotopic (exact) mass is 213 g/mol. The predicted octanol–water partition coefficient (Wildman–Crippen LogP) is 2.45. The number of benzene rings is 1. The fraction of sp³-hybridized carbons (Fsp3) is 0.455. The maximum absolute atomic E-state index is 9.35. The summed E-state index contributed by atoms with van der Waals surface area (Å²) in [6, 6.07) is 5.70. The normalized spacial score (nSPS) is 13.3. The number of halogens is 1. The molecule has 0 aliphatic heterocycles. The molecule has 0 spiro atoms. The van der Waals surface area contributed by atoms with Crippen molar-refractivity contribution in [2.24, 2.45) is 0 Å². The molecule has 0 aliphatic rings. The lowest BCUT2D eigenvalue weighted by Crippen LogP contribution is -2.11. The van der Waals surface area contributed by atoms with Gasteiger partial charge in [-0.15, -0.1) is 0 Å². The van der Waals surface area contributed by atoms with E-state index in [1.807, 2.05) is 32.3 Å². The van der Waals surface area contributed by atoms with Crippen LogP contribution in [0.25, 0.3) is 0 Å². The zero-order chi connectivity index (χ0) is 10.7. The third-order valence-corrected chi connectivity index (χ3v) is 2.40. The van der Waals surface area contributed by atoms with Crippen LogP contribution < -0.4 is 0 Å². The van der Waals surface area contributed by atoms with Crippen LogP contribution in [0, 0.1) is 0 Å². The van der Waals surface area contributed by atoms with E-state index < -0.39 is 6.10 Å². The van der Waals surface area contributed by atoms with Crippen molar-refractivity contribution in [1.29, 1.82) is 0 Å². The number of nitrogens with zero attached hydrogens (tertiary/aromatic N) is 1. The Hall–Kier alpha value is -0.570. The molecule has 0 radical (unpaired) electrons. The minimum absolute atomic E-state index is 0.457. The molecule has 1 N–H and O–H groups in total. The Labute approximate surface area is 90.1 Å². The number of aliphatic hydroxyl groups is 1. The summed E-state index contributed by atoms with van der Waals surface area (Å²) in [6.45, 7) is 2.55. The molecule has 0 aliphatic carbocycles. The van der Waals surface area contributed by atoms with Crippen molar-refractivity contribution in [2.75, 3.05) is 14.1 Å². The van der Waals surface area contributed by atoms with Gasteiger partial charge in [-0.25, -0.2) is 0 Å². The second kappa shape index (κ2) is 4.78. The highest BCUT2D eigenvalue weighted by molar-refractivity contribution is 6.31. The van der Waals surface area contributed by atoms with Crippen LogP contribution in [0.4, 0.5) is 0 Å². The Balaban J connectivity index is 2.90. The number of hydrogen-bond donors (Lipinski definition) is 1. The van der Waals surface area contributed by atoms with E-state index in [4.69, 9.17) is 11.6 Å². The average Bonchev–Trinajstić information content (AvgIpc) is 2.07. The van der Waals surface area contributed by atoms with Crippen LogP contribution in [0.2, 0.25) is 5.02 Å². The molecule has 0 fully saturated rings. The Kier molecular flexibility index (Phi) is 3.93. The predicted molar refractivity (Wildman–Crippen MR) is 59.5 cm³/mol. The van der Waals surface area contributed by atoms with Crippen LogP contribution in [0.5, 0.6) is 0 Å². The third-order valence-electron chi connectivity index (χ3n) is 2.05. The van der Waals surface area contributed by atoms with Crippen molar-refractivity contribution in [2.45, 2.75) is 19.6 Å². The molecule has 0 heterocycles. The highest BCUT2D eigenvalue weighted by Gasteiger charge is 2.05. The largest absolute Gasteiger partial charge is 0.389 e. The second-order valence-corrected chi connectivity index (χ2v) is 4.17. The standard InChI is InChI=1S/C11H16ClNO/c1-8(14)9-4-5-10(7-13(2)3)11(12)6-9/h4-6,8,14H,7H2,1-3H3. The summed E-state index contributed by atoms with van der Waals surface area (Å²) in [5.41, 5.74) is 1.94. The molecule has 14 heavy (non-hydrogen) atoms. The molecular formula is C11H16ClNO. The van der Waals surface area contributed by atoms with Gasteiger partial charge in [-0.05, 0) is 38.2 Å². The Morgan fingerprint density at radius 3 is 2.50 bits per heavy atom. The van der Waals surface area contributed by atoms with Crippen molar-refractivity contribution < 1.29 is 5.11 Å². The minimum atomic E-state index is -0.457. The molecule has 78 valence electrons. The van der Waals surface area contributed by atoms with Gasteiger partial charge in [-0.3, -0.25) is 0 Å². The van der Waals surface area contributed by atoms with Gasteiger partial charge in [0.05, 0.1) is 6.10 Å². The molecule has 1 aromatic rings. The first kappa shape index (κ1) is 11.5. The second-order valence-electron chi connectivity index (χ2n) is 3.76. The lowest BCUT2D eigenvalue weighted by atomic mass is 10.1. The molecule has 1 aromatic carbocycles. The third kappa shape index (κ3) is 2.98. The average molecular weight is 214 g/mol. The van der Waals surface area contributed by atoms with Gasteiger partial charge < -0.3 is 10.0 Å². The molecule has 0 bridgehead atoms. The van der Waals surface area contributed by atoms with E-state index in [1.165, 1.54) is 0 Å². The van der Waals surface area contributed by atoms with Crippen molar-refractivity contribution in [3.63, 3.8) is 0 Å². The molecule has 1 rings (SSSR count). The SMILES string of the molecule is CC(O)c1ccc(CN(C)C)c(Cl)c1.